The molecule has 0 amide bonds. The zero-order chi connectivity index (χ0) is 7.98. The number of aliphatic imine (C=N–C) groups is 1. The average molecular weight is 156 g/mol. The van der Waals surface area contributed by atoms with Crippen molar-refractivity contribution in [2.45, 2.75) is 6.92 Å². The Bertz CT molecular complexity index is 218. The van der Waals surface area contributed by atoms with Crippen molar-refractivity contribution >= 4 is 23.7 Å². The Balaban J connectivity index is 4.42. The van der Waals surface area contributed by atoms with E-state index < -0.39 is 0 Å². The number of halogens is 1. The summed E-state index contributed by atoms with van der Waals surface area (Å²) >= 11 is 5.44. The largest absolute Gasteiger partial charge is 0.289 e. The Hall–Kier alpha value is -1.14. The minimum atomic E-state index is 0.141. The first-order chi connectivity index (χ1) is 4.70. The highest BCUT2D eigenvalue weighted by atomic mass is 35.5. The van der Waals surface area contributed by atoms with Crippen LogP contribution in [0, 0.1) is 16.7 Å². The van der Waals surface area contributed by atoms with Gasteiger partial charge in [-0.25, -0.2) is 4.99 Å². The second-order valence-corrected chi connectivity index (χ2v) is 2.08. The minimum absolute atomic E-state index is 0.141. The number of nitriles is 1. The van der Waals surface area contributed by atoms with Crippen LogP contribution in [0.15, 0.2) is 16.1 Å². The lowest BCUT2D eigenvalue weighted by molar-refractivity contribution is 1.50. The fourth-order valence-electron chi connectivity index (χ4n) is 0.356. The molecule has 0 aromatic carbocycles. The first kappa shape index (κ1) is 8.86. The van der Waals surface area contributed by atoms with E-state index in [9.17, 15) is 0 Å². The van der Waals surface area contributed by atoms with Crippen LogP contribution in [-0.4, -0.2) is 12.1 Å². The molecule has 0 radical (unpaired) electrons. The van der Waals surface area contributed by atoms with Gasteiger partial charge in [0.2, 0.25) is 0 Å². The van der Waals surface area contributed by atoms with E-state index in [-0.39, 0.29) is 5.71 Å². The highest BCUT2D eigenvalue weighted by molar-refractivity contribution is 6.31. The van der Waals surface area contributed by atoms with Crippen LogP contribution < -0.4 is 0 Å². The van der Waals surface area contributed by atoms with Crippen molar-refractivity contribution in [2.75, 3.05) is 0 Å². The van der Waals surface area contributed by atoms with Gasteiger partial charge in [0, 0.05) is 5.03 Å². The standard InChI is InChI=1S/C6H6ClN3/c1-5(7)2-6(3-8)10-4-9/h2,4,9H,1H3/b5-2+,9-4?,10-6+. The first-order valence-electron chi connectivity index (χ1n) is 2.51. The Labute approximate surface area is 64.2 Å². The van der Waals surface area contributed by atoms with E-state index in [1.54, 1.807) is 13.0 Å². The lowest BCUT2D eigenvalue weighted by Gasteiger charge is -1.83. The van der Waals surface area contributed by atoms with Crippen molar-refractivity contribution in [1.29, 1.82) is 10.7 Å². The summed E-state index contributed by atoms with van der Waals surface area (Å²) in [7, 11) is 0. The number of hydrogen-bond acceptors (Lipinski definition) is 2. The molecule has 0 unspecified atom stereocenters. The van der Waals surface area contributed by atoms with E-state index in [2.05, 4.69) is 4.99 Å². The van der Waals surface area contributed by atoms with Crippen LogP contribution in [0.25, 0.3) is 0 Å². The van der Waals surface area contributed by atoms with Crippen LogP contribution >= 0.6 is 11.6 Å². The van der Waals surface area contributed by atoms with Gasteiger partial charge in [-0.15, -0.1) is 0 Å². The summed E-state index contributed by atoms with van der Waals surface area (Å²) in [5, 5.41) is 15.3. The Morgan fingerprint density at radius 3 is 2.70 bits per heavy atom. The Morgan fingerprint density at radius 1 is 1.80 bits per heavy atom. The molecule has 4 heteroatoms. The van der Waals surface area contributed by atoms with Gasteiger partial charge in [0.05, 0.1) is 0 Å². The summed E-state index contributed by atoms with van der Waals surface area (Å²) in [6, 6.07) is 1.77. The second-order valence-electron chi connectivity index (χ2n) is 1.49. The molecule has 0 rings (SSSR count). The van der Waals surface area contributed by atoms with Gasteiger partial charge in [-0.05, 0) is 13.0 Å². The van der Waals surface area contributed by atoms with Gasteiger partial charge < -0.3 is 0 Å². The third kappa shape index (κ3) is 3.81. The summed E-state index contributed by atoms with van der Waals surface area (Å²) in [6.07, 6.45) is 2.20. The molecule has 0 saturated heterocycles. The van der Waals surface area contributed by atoms with Gasteiger partial charge >= 0.3 is 0 Å². The van der Waals surface area contributed by atoms with E-state index in [1.165, 1.54) is 6.08 Å². The number of nitrogens with zero attached hydrogens (tertiary/aromatic N) is 2. The van der Waals surface area contributed by atoms with Crippen LogP contribution in [0.1, 0.15) is 6.92 Å². The maximum atomic E-state index is 8.32. The van der Waals surface area contributed by atoms with Crippen molar-refractivity contribution in [1.82, 2.24) is 0 Å². The maximum Gasteiger partial charge on any atom is 0.143 e. The second kappa shape index (κ2) is 4.71. The Morgan fingerprint density at radius 2 is 2.40 bits per heavy atom. The monoisotopic (exact) mass is 155 g/mol. The molecule has 0 atom stereocenters. The number of allylic oxidation sites excluding steroid dienone is 2. The molecule has 1 N–H and O–H groups in total. The topological polar surface area (TPSA) is 60.0 Å². The van der Waals surface area contributed by atoms with Gasteiger partial charge in [-0.3, -0.25) is 5.41 Å². The molecule has 0 saturated carbocycles. The molecule has 3 nitrogen and oxygen atoms in total. The van der Waals surface area contributed by atoms with Crippen LogP contribution in [0.2, 0.25) is 0 Å². The summed E-state index contributed by atoms with van der Waals surface area (Å²) in [6.45, 7) is 1.64. The molecule has 52 valence electrons. The Kier molecular flexibility index (Phi) is 4.17. The fourth-order valence-corrected chi connectivity index (χ4v) is 0.460. The summed E-state index contributed by atoms with van der Waals surface area (Å²) in [4.78, 5) is 3.42. The van der Waals surface area contributed by atoms with Gasteiger partial charge in [0.25, 0.3) is 0 Å². The highest BCUT2D eigenvalue weighted by Crippen LogP contribution is 1.97. The predicted molar refractivity (Wildman–Crippen MR) is 41.4 cm³/mol. The molecule has 0 aromatic heterocycles. The van der Waals surface area contributed by atoms with Crippen LogP contribution in [0.3, 0.4) is 0 Å². The summed E-state index contributed by atoms with van der Waals surface area (Å²) in [5.41, 5.74) is 0.141. The van der Waals surface area contributed by atoms with E-state index in [0.717, 1.165) is 6.34 Å². The molecule has 0 aliphatic heterocycles. The minimum Gasteiger partial charge on any atom is -0.289 e. The smallest absolute Gasteiger partial charge is 0.143 e. The van der Waals surface area contributed by atoms with Gasteiger partial charge in [-0.2, -0.15) is 5.26 Å². The van der Waals surface area contributed by atoms with Crippen molar-refractivity contribution in [3.63, 3.8) is 0 Å². The van der Waals surface area contributed by atoms with Crippen LogP contribution in [0.4, 0.5) is 0 Å². The fraction of sp³-hybridized carbons (Fsp3) is 0.167. The molecule has 0 spiro atoms. The molecule has 0 aliphatic carbocycles. The van der Waals surface area contributed by atoms with Crippen molar-refractivity contribution in [2.24, 2.45) is 4.99 Å². The molecule has 0 bridgehead atoms. The zero-order valence-corrected chi connectivity index (χ0v) is 6.18. The normalized spacial score (nSPS) is 12.5. The highest BCUT2D eigenvalue weighted by Gasteiger charge is 1.89. The van der Waals surface area contributed by atoms with Crippen LogP contribution in [-0.2, 0) is 0 Å². The third-order valence-electron chi connectivity index (χ3n) is 0.654. The van der Waals surface area contributed by atoms with Crippen molar-refractivity contribution in [3.8, 4) is 6.07 Å². The zero-order valence-electron chi connectivity index (χ0n) is 5.43. The molecule has 10 heavy (non-hydrogen) atoms. The number of nitrogens with one attached hydrogen (secondary N) is 1. The molecular formula is C6H6ClN3. The lowest BCUT2D eigenvalue weighted by Crippen LogP contribution is -1.87. The van der Waals surface area contributed by atoms with Gasteiger partial charge in [-0.1, -0.05) is 11.6 Å². The van der Waals surface area contributed by atoms with Crippen LogP contribution in [0.5, 0.6) is 0 Å². The first-order valence-corrected chi connectivity index (χ1v) is 2.89. The van der Waals surface area contributed by atoms with Crippen molar-refractivity contribution < 1.29 is 0 Å². The third-order valence-corrected chi connectivity index (χ3v) is 0.763. The van der Waals surface area contributed by atoms with E-state index in [1.807, 2.05) is 0 Å². The van der Waals surface area contributed by atoms with Crippen molar-refractivity contribution in [3.05, 3.63) is 11.1 Å². The van der Waals surface area contributed by atoms with E-state index >= 15 is 0 Å². The van der Waals surface area contributed by atoms with Gasteiger partial charge in [0.1, 0.15) is 18.1 Å². The van der Waals surface area contributed by atoms with E-state index in [4.69, 9.17) is 22.3 Å². The SMILES string of the molecule is C/C(Cl)=C\C(C#N)=N/C=N. The quantitative estimate of drug-likeness (QED) is 0.479. The predicted octanol–water partition coefficient (Wildman–Crippen LogP) is 1.70. The summed E-state index contributed by atoms with van der Waals surface area (Å²) in [5.74, 6) is 0. The molecule has 0 aromatic rings. The number of rotatable bonds is 2. The molecule has 0 fully saturated rings. The summed E-state index contributed by atoms with van der Waals surface area (Å²) < 4.78 is 0. The maximum absolute atomic E-state index is 8.32. The lowest BCUT2D eigenvalue weighted by atomic mass is 10.4. The molecular weight excluding hydrogens is 150 g/mol. The van der Waals surface area contributed by atoms with E-state index in [0.29, 0.717) is 5.03 Å². The molecule has 0 aliphatic rings. The average Bonchev–Trinajstić information content (AvgIpc) is 1.86. The van der Waals surface area contributed by atoms with Gasteiger partial charge in [0.15, 0.2) is 0 Å². The number of hydrogen-bond donors (Lipinski definition) is 1. The molecule has 0 heterocycles.